The highest BCUT2D eigenvalue weighted by Gasteiger charge is 2.06. The maximum Gasteiger partial charge on any atom is 0.159 e. The molecule has 0 amide bonds. The molecular weight excluding hydrogens is 272 g/mol. The first kappa shape index (κ1) is 12.8. The van der Waals surface area contributed by atoms with E-state index in [-0.39, 0.29) is 0 Å². The number of halogens is 1. The highest BCUT2D eigenvalue weighted by Crippen LogP contribution is 2.25. The van der Waals surface area contributed by atoms with Gasteiger partial charge < -0.3 is 5.32 Å². The van der Waals surface area contributed by atoms with E-state index in [0.717, 1.165) is 35.2 Å². The lowest BCUT2D eigenvalue weighted by Gasteiger charge is -2.08. The summed E-state index contributed by atoms with van der Waals surface area (Å²) in [5.41, 5.74) is 1.05. The van der Waals surface area contributed by atoms with Gasteiger partial charge in [-0.1, -0.05) is 41.9 Å². The summed E-state index contributed by atoms with van der Waals surface area (Å²) in [6.45, 7) is 0.747. The van der Waals surface area contributed by atoms with E-state index in [1.807, 2.05) is 42.5 Å². The molecule has 4 nitrogen and oxygen atoms in total. The van der Waals surface area contributed by atoms with Crippen LogP contribution < -0.4 is 5.32 Å². The maximum atomic E-state index is 6.05. The number of pyridine rings is 1. The molecule has 1 aromatic carbocycles. The summed E-state index contributed by atoms with van der Waals surface area (Å²) in [5.74, 6) is 0.751. The van der Waals surface area contributed by atoms with Crippen molar-refractivity contribution in [2.24, 2.45) is 0 Å². The minimum Gasteiger partial charge on any atom is -0.368 e. The van der Waals surface area contributed by atoms with Gasteiger partial charge in [0.05, 0.1) is 0 Å². The fraction of sp³-hybridized carbons (Fsp3) is 0.133. The molecule has 2 heterocycles. The predicted octanol–water partition coefficient (Wildman–Crippen LogP) is 3.33. The molecule has 0 bridgehead atoms. The van der Waals surface area contributed by atoms with Gasteiger partial charge in [-0.05, 0) is 12.1 Å². The van der Waals surface area contributed by atoms with Crippen molar-refractivity contribution < 1.29 is 0 Å². The zero-order valence-corrected chi connectivity index (χ0v) is 11.5. The monoisotopic (exact) mass is 284 g/mol. The standard InChI is InChI=1S/C15H13ClN4/c16-14-12-6-1-2-7-13(12)15(20-19-14)18-10-8-11-5-3-4-9-17-11/h1-7,9H,8,10H2,(H,18,20). The Morgan fingerprint density at radius 3 is 2.55 bits per heavy atom. The van der Waals surface area contributed by atoms with Crippen LogP contribution in [0.5, 0.6) is 0 Å². The Balaban J connectivity index is 1.77. The van der Waals surface area contributed by atoms with Crippen LogP contribution in [-0.2, 0) is 6.42 Å². The molecule has 0 aliphatic rings. The van der Waals surface area contributed by atoms with Crippen molar-refractivity contribution in [3.63, 3.8) is 0 Å². The molecule has 0 fully saturated rings. The molecule has 100 valence electrons. The first-order valence-electron chi connectivity index (χ1n) is 6.39. The Bertz CT molecular complexity index is 715. The summed E-state index contributed by atoms with van der Waals surface area (Å²) in [6.07, 6.45) is 2.63. The summed E-state index contributed by atoms with van der Waals surface area (Å²) in [7, 11) is 0. The lowest BCUT2D eigenvalue weighted by atomic mass is 10.2. The highest BCUT2D eigenvalue weighted by atomic mass is 35.5. The molecule has 3 rings (SSSR count). The van der Waals surface area contributed by atoms with Crippen LogP contribution in [0.4, 0.5) is 5.82 Å². The van der Waals surface area contributed by atoms with Gasteiger partial charge >= 0.3 is 0 Å². The van der Waals surface area contributed by atoms with Crippen molar-refractivity contribution in [3.05, 3.63) is 59.5 Å². The molecule has 0 saturated heterocycles. The molecule has 20 heavy (non-hydrogen) atoms. The van der Waals surface area contributed by atoms with Crippen LogP contribution in [0.15, 0.2) is 48.7 Å². The number of hydrogen-bond donors (Lipinski definition) is 1. The van der Waals surface area contributed by atoms with Crippen molar-refractivity contribution in [1.29, 1.82) is 0 Å². The molecule has 0 radical (unpaired) electrons. The first-order chi connectivity index (χ1) is 9.84. The summed E-state index contributed by atoms with van der Waals surface area (Å²) in [5, 5.41) is 13.7. The van der Waals surface area contributed by atoms with Gasteiger partial charge in [0.1, 0.15) is 0 Å². The van der Waals surface area contributed by atoms with Gasteiger partial charge in [-0.25, -0.2) is 0 Å². The Hall–Kier alpha value is -2.20. The smallest absolute Gasteiger partial charge is 0.159 e. The summed E-state index contributed by atoms with van der Waals surface area (Å²) in [6, 6.07) is 13.7. The molecule has 0 aliphatic heterocycles. The van der Waals surface area contributed by atoms with Crippen LogP contribution in [0.25, 0.3) is 10.8 Å². The van der Waals surface area contributed by atoms with E-state index in [2.05, 4.69) is 20.5 Å². The van der Waals surface area contributed by atoms with Crippen LogP contribution in [0.1, 0.15) is 5.69 Å². The largest absolute Gasteiger partial charge is 0.368 e. The SMILES string of the molecule is Clc1nnc(NCCc2ccccn2)c2ccccc12. The van der Waals surface area contributed by atoms with E-state index in [0.29, 0.717) is 5.15 Å². The minimum absolute atomic E-state index is 0.427. The van der Waals surface area contributed by atoms with Crippen LogP contribution in [0, 0.1) is 0 Å². The number of nitrogens with one attached hydrogen (secondary N) is 1. The predicted molar refractivity (Wildman–Crippen MR) is 81.0 cm³/mol. The van der Waals surface area contributed by atoms with E-state index >= 15 is 0 Å². The lowest BCUT2D eigenvalue weighted by molar-refractivity contribution is 0.941. The Kier molecular flexibility index (Phi) is 3.74. The van der Waals surface area contributed by atoms with E-state index in [1.165, 1.54) is 0 Å². The number of aromatic nitrogens is 3. The van der Waals surface area contributed by atoms with Gasteiger partial charge in [0.15, 0.2) is 11.0 Å². The van der Waals surface area contributed by atoms with E-state index in [9.17, 15) is 0 Å². The second kappa shape index (κ2) is 5.84. The molecular formula is C15H13ClN4. The molecule has 0 saturated carbocycles. The average molecular weight is 285 g/mol. The third-order valence-corrected chi connectivity index (χ3v) is 3.32. The molecule has 3 aromatic rings. The quantitative estimate of drug-likeness (QED) is 0.798. The average Bonchev–Trinajstić information content (AvgIpc) is 2.51. The molecule has 0 aliphatic carbocycles. The van der Waals surface area contributed by atoms with Crippen molar-refractivity contribution in [3.8, 4) is 0 Å². The molecule has 0 spiro atoms. The van der Waals surface area contributed by atoms with Gasteiger partial charge in [-0.2, -0.15) is 0 Å². The summed E-state index contributed by atoms with van der Waals surface area (Å²) >= 11 is 6.05. The minimum atomic E-state index is 0.427. The third kappa shape index (κ3) is 2.70. The van der Waals surface area contributed by atoms with E-state index < -0.39 is 0 Å². The van der Waals surface area contributed by atoms with E-state index in [1.54, 1.807) is 6.20 Å². The third-order valence-electron chi connectivity index (χ3n) is 3.04. The second-order valence-corrected chi connectivity index (χ2v) is 4.74. The molecule has 0 unspecified atom stereocenters. The van der Waals surface area contributed by atoms with E-state index in [4.69, 9.17) is 11.6 Å². The van der Waals surface area contributed by atoms with Crippen molar-refractivity contribution in [1.82, 2.24) is 15.2 Å². The number of anilines is 1. The fourth-order valence-corrected chi connectivity index (χ4v) is 2.26. The zero-order chi connectivity index (χ0) is 13.8. The van der Waals surface area contributed by atoms with Gasteiger partial charge in [-0.3, -0.25) is 4.98 Å². The Labute approximate surface area is 121 Å². The zero-order valence-electron chi connectivity index (χ0n) is 10.8. The van der Waals surface area contributed by atoms with Crippen LogP contribution in [-0.4, -0.2) is 21.7 Å². The molecule has 2 aromatic heterocycles. The molecule has 1 N–H and O–H groups in total. The van der Waals surface area contributed by atoms with Crippen molar-refractivity contribution in [2.75, 3.05) is 11.9 Å². The van der Waals surface area contributed by atoms with Gasteiger partial charge in [0, 0.05) is 35.6 Å². The highest BCUT2D eigenvalue weighted by molar-refractivity contribution is 6.34. The number of nitrogens with zero attached hydrogens (tertiary/aromatic N) is 3. The summed E-state index contributed by atoms with van der Waals surface area (Å²) in [4.78, 5) is 4.29. The molecule has 0 atom stereocenters. The van der Waals surface area contributed by atoms with Gasteiger partial charge in [0.2, 0.25) is 0 Å². The summed E-state index contributed by atoms with van der Waals surface area (Å²) < 4.78 is 0. The van der Waals surface area contributed by atoms with Crippen LogP contribution in [0.2, 0.25) is 5.15 Å². The maximum absolute atomic E-state index is 6.05. The van der Waals surface area contributed by atoms with Crippen LogP contribution in [0.3, 0.4) is 0 Å². The number of benzene rings is 1. The Morgan fingerprint density at radius 1 is 0.950 bits per heavy atom. The fourth-order valence-electron chi connectivity index (χ4n) is 2.06. The van der Waals surface area contributed by atoms with Crippen molar-refractivity contribution in [2.45, 2.75) is 6.42 Å². The number of hydrogen-bond acceptors (Lipinski definition) is 4. The normalized spacial score (nSPS) is 10.7. The number of rotatable bonds is 4. The molecule has 5 heteroatoms. The van der Waals surface area contributed by atoms with Gasteiger partial charge in [0.25, 0.3) is 0 Å². The van der Waals surface area contributed by atoms with Crippen LogP contribution >= 0.6 is 11.6 Å². The lowest BCUT2D eigenvalue weighted by Crippen LogP contribution is -2.08. The second-order valence-electron chi connectivity index (χ2n) is 4.38. The first-order valence-corrected chi connectivity index (χ1v) is 6.77. The van der Waals surface area contributed by atoms with Gasteiger partial charge in [-0.15, -0.1) is 10.2 Å². The van der Waals surface area contributed by atoms with Crippen molar-refractivity contribution >= 4 is 28.2 Å². The topological polar surface area (TPSA) is 50.7 Å². The number of fused-ring (bicyclic) bond motifs is 1. The Morgan fingerprint density at radius 2 is 1.75 bits per heavy atom.